The Bertz CT molecular complexity index is 1100. The molecule has 2 aromatic carbocycles. The fraction of sp³-hybridized carbons (Fsp3) is 0.552. The number of nitriles is 1. The summed E-state index contributed by atoms with van der Waals surface area (Å²) >= 11 is 0. The Balaban J connectivity index is 1.64. The molecule has 1 heterocycles. The quantitative estimate of drug-likeness (QED) is 0.337. The molecule has 0 bridgehead atoms. The third kappa shape index (κ3) is 6.58. The normalized spacial score (nSPS) is 17.3. The minimum atomic E-state index is -4.44. The topological polar surface area (TPSA) is 54.7 Å². The van der Waals surface area contributed by atoms with Gasteiger partial charge in [0.1, 0.15) is 0 Å². The van der Waals surface area contributed by atoms with Crippen LogP contribution in [0.5, 0.6) is 11.5 Å². The molecule has 0 saturated heterocycles. The molecule has 0 saturated carbocycles. The average Bonchev–Trinajstić information content (AvgIpc) is 2.88. The van der Waals surface area contributed by atoms with Crippen LogP contribution in [0.4, 0.5) is 13.2 Å². The van der Waals surface area contributed by atoms with Crippen molar-refractivity contribution in [3.05, 3.63) is 58.7 Å². The van der Waals surface area contributed by atoms with Gasteiger partial charge in [-0.2, -0.15) is 18.4 Å². The summed E-state index contributed by atoms with van der Waals surface area (Å²) in [6, 6.07) is 11.6. The van der Waals surface area contributed by atoms with Crippen molar-refractivity contribution in [2.75, 3.05) is 41.0 Å². The SMILES string of the molecule is COc1cc2c(cc1OC)C(CCN(C)CCCC(C#N)(c1cccc(C(F)(F)F)c1)C(C)C)OCC2. The first-order chi connectivity index (χ1) is 17.6. The molecular formula is C29H37F3N2O3. The van der Waals surface area contributed by atoms with Crippen LogP contribution in [0.1, 0.15) is 61.5 Å². The highest BCUT2D eigenvalue weighted by Crippen LogP contribution is 2.40. The molecule has 2 aromatic rings. The molecule has 0 aliphatic carbocycles. The number of hydrogen-bond acceptors (Lipinski definition) is 5. The van der Waals surface area contributed by atoms with Gasteiger partial charge in [-0.25, -0.2) is 0 Å². The van der Waals surface area contributed by atoms with Crippen molar-refractivity contribution in [1.82, 2.24) is 4.90 Å². The highest BCUT2D eigenvalue weighted by molar-refractivity contribution is 5.49. The van der Waals surface area contributed by atoms with E-state index in [2.05, 4.69) is 11.0 Å². The monoisotopic (exact) mass is 518 g/mol. The number of fused-ring (bicyclic) bond motifs is 1. The van der Waals surface area contributed by atoms with E-state index in [1.165, 1.54) is 11.6 Å². The summed E-state index contributed by atoms with van der Waals surface area (Å²) in [5.41, 5.74) is 1.05. The standard InChI is InChI=1S/C29H37F3N2O3/c1-20(2)28(19-33,22-8-6-9-23(17-22)29(30,31)32)12-7-13-34(3)14-10-25-24-18-27(36-5)26(35-4)16-21(24)11-15-37-25/h6,8-9,16-18,20,25H,7,10-15H2,1-5H3. The Hall–Kier alpha value is -2.76. The van der Waals surface area contributed by atoms with Crippen molar-refractivity contribution in [2.24, 2.45) is 5.92 Å². The second kappa shape index (κ2) is 12.2. The van der Waals surface area contributed by atoms with Crippen LogP contribution in [0.25, 0.3) is 0 Å². The van der Waals surface area contributed by atoms with Gasteiger partial charge in [-0.3, -0.25) is 0 Å². The first kappa shape index (κ1) is 28.8. The fourth-order valence-electron chi connectivity index (χ4n) is 5.16. The zero-order valence-electron chi connectivity index (χ0n) is 22.3. The molecule has 1 aliphatic heterocycles. The molecule has 2 atom stereocenters. The predicted molar refractivity (Wildman–Crippen MR) is 137 cm³/mol. The smallest absolute Gasteiger partial charge is 0.416 e. The van der Waals surface area contributed by atoms with Gasteiger partial charge in [-0.15, -0.1) is 0 Å². The lowest BCUT2D eigenvalue weighted by atomic mass is 9.69. The van der Waals surface area contributed by atoms with Gasteiger partial charge in [0, 0.05) is 6.54 Å². The summed E-state index contributed by atoms with van der Waals surface area (Å²) in [6.07, 6.45) is -1.71. The number of rotatable bonds is 11. The van der Waals surface area contributed by atoms with E-state index in [0.29, 0.717) is 36.5 Å². The average molecular weight is 519 g/mol. The maximum atomic E-state index is 13.3. The molecule has 0 fully saturated rings. The van der Waals surface area contributed by atoms with Crippen molar-refractivity contribution >= 4 is 0 Å². The van der Waals surface area contributed by atoms with Gasteiger partial charge >= 0.3 is 6.18 Å². The molecule has 0 N–H and O–H groups in total. The lowest BCUT2D eigenvalue weighted by Gasteiger charge is -2.33. The third-order valence-corrected chi connectivity index (χ3v) is 7.46. The van der Waals surface area contributed by atoms with Crippen LogP contribution in [0.15, 0.2) is 36.4 Å². The number of benzene rings is 2. The van der Waals surface area contributed by atoms with E-state index in [1.807, 2.05) is 33.0 Å². The largest absolute Gasteiger partial charge is 0.493 e. The summed E-state index contributed by atoms with van der Waals surface area (Å²) < 4.78 is 56.9. The molecule has 0 spiro atoms. The van der Waals surface area contributed by atoms with Crippen LogP contribution >= 0.6 is 0 Å². The van der Waals surface area contributed by atoms with E-state index in [4.69, 9.17) is 14.2 Å². The molecule has 0 radical (unpaired) electrons. The Kier molecular flexibility index (Phi) is 9.49. The van der Waals surface area contributed by atoms with Crippen molar-refractivity contribution in [2.45, 2.75) is 57.2 Å². The van der Waals surface area contributed by atoms with Crippen molar-refractivity contribution in [1.29, 1.82) is 5.26 Å². The second-order valence-corrected chi connectivity index (χ2v) is 10.0. The molecule has 8 heteroatoms. The molecule has 0 amide bonds. The maximum absolute atomic E-state index is 13.3. The van der Waals surface area contributed by atoms with E-state index in [1.54, 1.807) is 20.3 Å². The third-order valence-electron chi connectivity index (χ3n) is 7.46. The van der Waals surface area contributed by atoms with Gasteiger partial charge in [0.05, 0.1) is 44.0 Å². The van der Waals surface area contributed by atoms with Gasteiger partial charge in [0.15, 0.2) is 11.5 Å². The van der Waals surface area contributed by atoms with E-state index in [9.17, 15) is 18.4 Å². The maximum Gasteiger partial charge on any atom is 0.416 e. The molecular weight excluding hydrogens is 481 g/mol. The number of hydrogen-bond donors (Lipinski definition) is 0. The Morgan fingerprint density at radius 1 is 1.08 bits per heavy atom. The molecule has 3 rings (SSSR count). The minimum absolute atomic E-state index is 0.0509. The number of alkyl halides is 3. The van der Waals surface area contributed by atoms with E-state index in [0.717, 1.165) is 43.6 Å². The molecule has 0 aromatic heterocycles. The fourth-order valence-corrected chi connectivity index (χ4v) is 5.16. The first-order valence-electron chi connectivity index (χ1n) is 12.7. The lowest BCUT2D eigenvalue weighted by molar-refractivity contribution is -0.137. The van der Waals surface area contributed by atoms with Gasteiger partial charge in [-0.1, -0.05) is 32.0 Å². The van der Waals surface area contributed by atoms with E-state index in [-0.39, 0.29) is 12.0 Å². The summed E-state index contributed by atoms with van der Waals surface area (Å²) in [4.78, 5) is 2.19. The van der Waals surface area contributed by atoms with Crippen LogP contribution in [0.3, 0.4) is 0 Å². The van der Waals surface area contributed by atoms with Crippen molar-refractivity contribution in [3.63, 3.8) is 0 Å². The van der Waals surface area contributed by atoms with Crippen LogP contribution in [0.2, 0.25) is 0 Å². The van der Waals surface area contributed by atoms with Crippen LogP contribution in [-0.4, -0.2) is 45.9 Å². The predicted octanol–water partition coefficient (Wildman–Crippen LogP) is 6.56. The summed E-state index contributed by atoms with van der Waals surface area (Å²) in [6.45, 7) is 5.94. The number of ether oxygens (including phenoxy) is 3. The molecule has 1 aliphatic rings. The van der Waals surface area contributed by atoms with Gasteiger partial charge in [-0.05, 0) is 80.1 Å². The Morgan fingerprint density at radius 3 is 2.38 bits per heavy atom. The van der Waals surface area contributed by atoms with Crippen LogP contribution in [-0.2, 0) is 22.7 Å². The van der Waals surface area contributed by atoms with Gasteiger partial charge < -0.3 is 19.1 Å². The Labute approximate surface area is 218 Å². The molecule has 5 nitrogen and oxygen atoms in total. The highest BCUT2D eigenvalue weighted by atomic mass is 19.4. The molecule has 37 heavy (non-hydrogen) atoms. The van der Waals surface area contributed by atoms with Gasteiger partial charge in [0.2, 0.25) is 0 Å². The van der Waals surface area contributed by atoms with E-state index < -0.39 is 17.2 Å². The van der Waals surface area contributed by atoms with Crippen molar-refractivity contribution < 1.29 is 27.4 Å². The van der Waals surface area contributed by atoms with Crippen LogP contribution < -0.4 is 9.47 Å². The van der Waals surface area contributed by atoms with E-state index >= 15 is 0 Å². The number of methoxy groups -OCH3 is 2. The molecule has 2 unspecified atom stereocenters. The lowest BCUT2D eigenvalue weighted by Crippen LogP contribution is -2.33. The number of halogens is 3. The summed E-state index contributed by atoms with van der Waals surface area (Å²) in [7, 11) is 5.27. The first-order valence-corrected chi connectivity index (χ1v) is 12.7. The molecule has 202 valence electrons. The zero-order chi connectivity index (χ0) is 27.2. The Morgan fingerprint density at radius 2 is 1.76 bits per heavy atom. The summed E-state index contributed by atoms with van der Waals surface area (Å²) in [5.74, 6) is 1.26. The number of nitrogens with zero attached hydrogens (tertiary/aromatic N) is 2. The second-order valence-electron chi connectivity index (χ2n) is 10.0. The van der Waals surface area contributed by atoms with Crippen molar-refractivity contribution in [3.8, 4) is 17.6 Å². The van der Waals surface area contributed by atoms with Gasteiger partial charge in [0.25, 0.3) is 0 Å². The summed E-state index contributed by atoms with van der Waals surface area (Å²) in [5, 5.41) is 10.1. The minimum Gasteiger partial charge on any atom is -0.493 e. The zero-order valence-corrected chi connectivity index (χ0v) is 22.3. The highest BCUT2D eigenvalue weighted by Gasteiger charge is 2.38. The van der Waals surface area contributed by atoms with Crippen LogP contribution in [0, 0.1) is 17.2 Å².